The van der Waals surface area contributed by atoms with Gasteiger partial charge in [-0.2, -0.15) is 5.10 Å². The highest BCUT2D eigenvalue weighted by Crippen LogP contribution is 2.41. The topological polar surface area (TPSA) is 76.0 Å². The average molecular weight is 497 g/mol. The Hall–Kier alpha value is -2.90. The summed E-state index contributed by atoms with van der Waals surface area (Å²) in [5.41, 5.74) is 5.44. The van der Waals surface area contributed by atoms with Gasteiger partial charge < -0.3 is 14.8 Å². The lowest BCUT2D eigenvalue weighted by Gasteiger charge is -2.26. The van der Waals surface area contributed by atoms with Crippen molar-refractivity contribution in [3.63, 3.8) is 0 Å². The average Bonchev–Trinajstić information content (AvgIpc) is 3.45. The Labute approximate surface area is 209 Å². The number of hydrogen-bond donors (Lipinski definition) is 2. The fraction of sp³-hybridized carbons (Fsp3) is 0.407. The van der Waals surface area contributed by atoms with Crippen LogP contribution in [0, 0.1) is 12.7 Å². The molecule has 3 aromatic heterocycles. The van der Waals surface area contributed by atoms with Crippen molar-refractivity contribution in [1.29, 1.82) is 0 Å². The molecule has 5 rings (SSSR count). The van der Waals surface area contributed by atoms with Gasteiger partial charge in [0.15, 0.2) is 0 Å². The zero-order valence-corrected chi connectivity index (χ0v) is 20.9. The molecule has 35 heavy (non-hydrogen) atoms. The van der Waals surface area contributed by atoms with Crippen LogP contribution in [0.3, 0.4) is 0 Å². The number of halogens is 2. The number of benzene rings is 1. The van der Waals surface area contributed by atoms with Gasteiger partial charge in [0.05, 0.1) is 30.0 Å². The van der Waals surface area contributed by atoms with Crippen molar-refractivity contribution in [2.75, 3.05) is 6.61 Å². The Bertz CT molecular complexity index is 1360. The van der Waals surface area contributed by atoms with E-state index in [1.807, 2.05) is 32.4 Å². The molecular formula is C27H30ClFN4O2. The number of aromatic nitrogens is 4. The van der Waals surface area contributed by atoms with Gasteiger partial charge >= 0.3 is 0 Å². The molecule has 8 heteroatoms. The highest BCUT2D eigenvalue weighted by atomic mass is 35.5. The molecule has 1 aromatic carbocycles. The number of H-pyrrole nitrogens is 1. The van der Waals surface area contributed by atoms with Gasteiger partial charge in [0, 0.05) is 46.1 Å². The van der Waals surface area contributed by atoms with Crippen LogP contribution in [0.1, 0.15) is 68.3 Å². The second kappa shape index (κ2) is 9.63. The molecular weight excluding hydrogens is 467 g/mol. The predicted molar refractivity (Wildman–Crippen MR) is 136 cm³/mol. The van der Waals surface area contributed by atoms with Gasteiger partial charge in [0.2, 0.25) is 0 Å². The first-order chi connectivity index (χ1) is 16.9. The van der Waals surface area contributed by atoms with Crippen molar-refractivity contribution in [1.82, 2.24) is 19.7 Å². The number of ether oxygens (including phenoxy) is 1. The molecule has 1 aliphatic rings. The minimum atomic E-state index is -0.464. The Kier molecular flexibility index (Phi) is 6.55. The van der Waals surface area contributed by atoms with Crippen LogP contribution in [0.2, 0.25) is 5.02 Å². The number of aliphatic hydroxyl groups excluding tert-OH is 1. The molecule has 6 nitrogen and oxygen atoms in total. The molecule has 0 spiro atoms. The van der Waals surface area contributed by atoms with Crippen LogP contribution in [-0.2, 0) is 0 Å². The first kappa shape index (κ1) is 23.8. The molecule has 0 amide bonds. The Morgan fingerprint density at radius 1 is 1.26 bits per heavy atom. The third kappa shape index (κ3) is 4.32. The quantitative estimate of drug-likeness (QED) is 0.317. The molecule has 1 saturated carbocycles. The van der Waals surface area contributed by atoms with E-state index in [2.05, 4.69) is 27.6 Å². The lowest BCUT2D eigenvalue weighted by molar-refractivity contribution is 0.107. The van der Waals surface area contributed by atoms with E-state index < -0.39 is 5.82 Å². The van der Waals surface area contributed by atoms with Gasteiger partial charge in [-0.05, 0) is 63.3 Å². The van der Waals surface area contributed by atoms with E-state index in [9.17, 15) is 9.50 Å². The monoisotopic (exact) mass is 496 g/mol. The molecule has 1 aliphatic carbocycles. The third-order valence-corrected chi connectivity index (χ3v) is 7.61. The summed E-state index contributed by atoms with van der Waals surface area (Å²) in [4.78, 5) is 7.91. The van der Waals surface area contributed by atoms with E-state index in [4.69, 9.17) is 21.4 Å². The number of aliphatic hydroxyl groups is 1. The van der Waals surface area contributed by atoms with Gasteiger partial charge in [-0.15, -0.1) is 0 Å². The number of nitrogens with one attached hydrogen (secondary N) is 1. The molecule has 0 bridgehead atoms. The van der Waals surface area contributed by atoms with E-state index in [1.54, 1.807) is 6.07 Å². The maximum atomic E-state index is 14.4. The molecule has 2 N–H and O–H groups in total. The van der Waals surface area contributed by atoms with Gasteiger partial charge in [0.1, 0.15) is 17.2 Å². The summed E-state index contributed by atoms with van der Waals surface area (Å²) in [6, 6.07) is 5.39. The van der Waals surface area contributed by atoms with Crippen LogP contribution in [0.25, 0.3) is 22.2 Å². The number of fused-ring (bicyclic) bond motifs is 1. The predicted octanol–water partition coefficient (Wildman–Crippen LogP) is 6.55. The zero-order chi connectivity index (χ0) is 24.7. The second-order valence-corrected chi connectivity index (χ2v) is 9.72. The summed E-state index contributed by atoms with van der Waals surface area (Å²) in [7, 11) is 0. The van der Waals surface area contributed by atoms with Gasteiger partial charge in [0.25, 0.3) is 0 Å². The van der Waals surface area contributed by atoms with Crippen LogP contribution in [0.5, 0.6) is 5.75 Å². The van der Waals surface area contributed by atoms with Crippen molar-refractivity contribution in [2.45, 2.75) is 64.5 Å². The van der Waals surface area contributed by atoms with Gasteiger partial charge in [-0.25, -0.2) is 9.37 Å². The molecule has 3 heterocycles. The first-order valence-electron chi connectivity index (χ1n) is 12.2. The smallest absolute Gasteiger partial charge is 0.142 e. The van der Waals surface area contributed by atoms with Crippen molar-refractivity contribution >= 4 is 22.6 Å². The van der Waals surface area contributed by atoms with Crippen molar-refractivity contribution < 1.29 is 14.2 Å². The van der Waals surface area contributed by atoms with Crippen molar-refractivity contribution in [3.05, 3.63) is 64.5 Å². The number of hydrogen-bond acceptors (Lipinski definition) is 4. The normalized spacial score (nSPS) is 19.3. The van der Waals surface area contributed by atoms with Crippen molar-refractivity contribution in [3.8, 4) is 16.9 Å². The Balaban J connectivity index is 1.53. The summed E-state index contributed by atoms with van der Waals surface area (Å²) in [6.45, 7) is 6.44. The molecule has 4 aromatic rings. The SMILES string of the molecule is CCOc1ccc(F)c(Cl)c1C(C)c1c[nH]c2ncc(-c3cnn(C4CCC(O)CC4)c3C)cc12. The summed E-state index contributed by atoms with van der Waals surface area (Å²) in [5.74, 6) is -0.100. The van der Waals surface area contributed by atoms with E-state index in [0.717, 1.165) is 59.1 Å². The highest BCUT2D eigenvalue weighted by Gasteiger charge is 2.25. The second-order valence-electron chi connectivity index (χ2n) is 9.34. The van der Waals surface area contributed by atoms with Crippen LogP contribution < -0.4 is 4.74 Å². The van der Waals surface area contributed by atoms with E-state index in [0.29, 0.717) is 24.0 Å². The van der Waals surface area contributed by atoms with E-state index in [1.165, 1.54) is 6.07 Å². The van der Waals surface area contributed by atoms with Gasteiger partial charge in [-0.1, -0.05) is 18.5 Å². The fourth-order valence-electron chi connectivity index (χ4n) is 5.30. The highest BCUT2D eigenvalue weighted by molar-refractivity contribution is 6.31. The lowest BCUT2D eigenvalue weighted by atomic mass is 9.91. The van der Waals surface area contributed by atoms with E-state index in [-0.39, 0.29) is 17.0 Å². The molecule has 0 saturated heterocycles. The summed E-state index contributed by atoms with van der Waals surface area (Å²) in [5, 5.41) is 15.6. The molecule has 0 radical (unpaired) electrons. The number of rotatable bonds is 6. The molecule has 0 aliphatic heterocycles. The Morgan fingerprint density at radius 3 is 2.77 bits per heavy atom. The zero-order valence-electron chi connectivity index (χ0n) is 20.2. The minimum absolute atomic E-state index is 0.0802. The molecule has 184 valence electrons. The molecule has 1 atom stereocenters. The van der Waals surface area contributed by atoms with Crippen LogP contribution >= 0.6 is 11.6 Å². The number of aromatic amines is 1. The largest absolute Gasteiger partial charge is 0.494 e. The third-order valence-electron chi connectivity index (χ3n) is 7.22. The van der Waals surface area contributed by atoms with Crippen LogP contribution in [0.15, 0.2) is 36.8 Å². The first-order valence-corrected chi connectivity index (χ1v) is 12.6. The fourth-order valence-corrected chi connectivity index (χ4v) is 5.62. The maximum absolute atomic E-state index is 14.4. The van der Waals surface area contributed by atoms with Crippen molar-refractivity contribution in [2.24, 2.45) is 0 Å². The molecule has 1 unspecified atom stereocenters. The minimum Gasteiger partial charge on any atom is -0.494 e. The summed E-state index contributed by atoms with van der Waals surface area (Å²) in [6.07, 6.45) is 8.94. The van der Waals surface area contributed by atoms with E-state index >= 15 is 0 Å². The summed E-state index contributed by atoms with van der Waals surface area (Å²) < 4.78 is 22.3. The molecule has 1 fully saturated rings. The summed E-state index contributed by atoms with van der Waals surface area (Å²) >= 11 is 6.42. The van der Waals surface area contributed by atoms with Crippen LogP contribution in [0.4, 0.5) is 4.39 Å². The number of pyridine rings is 1. The number of nitrogens with zero attached hydrogens (tertiary/aromatic N) is 3. The maximum Gasteiger partial charge on any atom is 0.142 e. The van der Waals surface area contributed by atoms with Gasteiger partial charge in [-0.3, -0.25) is 4.68 Å². The lowest BCUT2D eigenvalue weighted by Crippen LogP contribution is -2.22. The Morgan fingerprint density at radius 2 is 2.03 bits per heavy atom. The van der Waals surface area contributed by atoms with Crippen LogP contribution in [-0.4, -0.2) is 37.6 Å². The standard InChI is InChI=1S/C27H30ClFN4O2/c1-4-35-24-10-9-23(29)26(28)25(24)15(2)21-13-31-27-20(21)11-17(12-30-27)22-14-32-33(16(22)3)18-5-7-19(34)8-6-18/h9-15,18-19,34H,4-8H2,1-3H3,(H,30,31).